The molecule has 1 aliphatic rings. The molecule has 1 saturated heterocycles. The van der Waals surface area contributed by atoms with Crippen molar-refractivity contribution in [2.24, 2.45) is 5.92 Å². The van der Waals surface area contributed by atoms with Crippen molar-refractivity contribution in [2.75, 3.05) is 13.1 Å². The molecule has 7 heteroatoms. The van der Waals surface area contributed by atoms with Crippen LogP contribution in [0.25, 0.3) is 0 Å². The van der Waals surface area contributed by atoms with Crippen molar-refractivity contribution in [1.82, 2.24) is 15.4 Å². The molecule has 1 unspecified atom stereocenters. The minimum atomic E-state index is -0.779. The SMILES string of the molecule is Cc1noc(C)c1C(C)NC(=O)N1CCC(C(=O)O)CC1. The summed E-state index contributed by atoms with van der Waals surface area (Å²) in [6.07, 6.45) is 1.00. The normalized spacial score (nSPS) is 17.6. The van der Waals surface area contributed by atoms with Gasteiger partial charge in [-0.15, -0.1) is 0 Å². The summed E-state index contributed by atoms with van der Waals surface area (Å²) >= 11 is 0. The lowest BCUT2D eigenvalue weighted by Gasteiger charge is -2.31. The highest BCUT2D eigenvalue weighted by molar-refractivity contribution is 5.75. The van der Waals surface area contributed by atoms with Gasteiger partial charge in [0.15, 0.2) is 0 Å². The van der Waals surface area contributed by atoms with Gasteiger partial charge in [0.25, 0.3) is 0 Å². The van der Waals surface area contributed by atoms with Crippen LogP contribution in [0.3, 0.4) is 0 Å². The number of amides is 2. The van der Waals surface area contributed by atoms with Crippen molar-refractivity contribution >= 4 is 12.0 Å². The van der Waals surface area contributed by atoms with Gasteiger partial charge >= 0.3 is 12.0 Å². The molecule has 2 amide bonds. The molecule has 1 aromatic heterocycles. The molecule has 0 saturated carbocycles. The summed E-state index contributed by atoms with van der Waals surface area (Å²) in [5.74, 6) is -0.418. The predicted octanol–water partition coefficient (Wildman–Crippen LogP) is 1.86. The van der Waals surface area contributed by atoms with Crippen LogP contribution in [-0.2, 0) is 4.79 Å². The molecule has 7 nitrogen and oxygen atoms in total. The number of carboxylic acids is 1. The third-order valence-corrected chi connectivity index (χ3v) is 3.99. The predicted molar refractivity (Wildman–Crippen MR) is 74.9 cm³/mol. The Morgan fingerprint density at radius 3 is 2.48 bits per heavy atom. The maximum absolute atomic E-state index is 12.2. The van der Waals surface area contributed by atoms with Gasteiger partial charge in [-0.1, -0.05) is 5.16 Å². The van der Waals surface area contributed by atoms with Gasteiger partial charge in [-0.25, -0.2) is 4.79 Å². The van der Waals surface area contributed by atoms with Gasteiger partial charge in [0.1, 0.15) is 5.76 Å². The Bertz CT molecular complexity index is 513. The van der Waals surface area contributed by atoms with Gasteiger partial charge in [0.2, 0.25) is 0 Å². The van der Waals surface area contributed by atoms with Crippen LogP contribution in [0, 0.1) is 19.8 Å². The lowest BCUT2D eigenvalue weighted by Crippen LogP contribution is -2.46. The average molecular weight is 295 g/mol. The summed E-state index contributed by atoms with van der Waals surface area (Å²) in [5, 5.41) is 15.8. The largest absolute Gasteiger partial charge is 0.481 e. The number of urea groups is 1. The molecule has 0 aromatic carbocycles. The number of aryl methyl sites for hydroxylation is 2. The fraction of sp³-hybridized carbons (Fsp3) is 0.643. The Morgan fingerprint density at radius 2 is 2.00 bits per heavy atom. The van der Waals surface area contributed by atoms with Crippen LogP contribution in [0.5, 0.6) is 0 Å². The van der Waals surface area contributed by atoms with Gasteiger partial charge in [0.05, 0.1) is 17.7 Å². The number of hydrogen-bond donors (Lipinski definition) is 2. The number of piperidine rings is 1. The van der Waals surface area contributed by atoms with Gasteiger partial charge in [-0.05, 0) is 33.6 Å². The minimum Gasteiger partial charge on any atom is -0.481 e. The van der Waals surface area contributed by atoms with Crippen molar-refractivity contribution in [3.63, 3.8) is 0 Å². The number of likely N-dealkylation sites (tertiary alicyclic amines) is 1. The van der Waals surface area contributed by atoms with Gasteiger partial charge < -0.3 is 19.8 Å². The van der Waals surface area contributed by atoms with Crippen molar-refractivity contribution < 1.29 is 19.2 Å². The van der Waals surface area contributed by atoms with Crippen LogP contribution >= 0.6 is 0 Å². The maximum Gasteiger partial charge on any atom is 0.317 e. The van der Waals surface area contributed by atoms with E-state index in [9.17, 15) is 9.59 Å². The van der Waals surface area contributed by atoms with E-state index in [0.717, 1.165) is 11.3 Å². The summed E-state index contributed by atoms with van der Waals surface area (Å²) in [7, 11) is 0. The molecular weight excluding hydrogens is 274 g/mol. The van der Waals surface area contributed by atoms with Crippen molar-refractivity contribution in [2.45, 2.75) is 39.7 Å². The first-order valence-electron chi connectivity index (χ1n) is 7.11. The maximum atomic E-state index is 12.2. The monoisotopic (exact) mass is 295 g/mol. The zero-order valence-corrected chi connectivity index (χ0v) is 12.5. The van der Waals surface area contributed by atoms with Crippen LogP contribution in [0.2, 0.25) is 0 Å². The Balaban J connectivity index is 1.92. The fourth-order valence-corrected chi connectivity index (χ4v) is 2.79. The number of carbonyl (C=O) groups is 2. The Labute approximate surface area is 123 Å². The number of rotatable bonds is 3. The van der Waals surface area contributed by atoms with E-state index in [1.165, 1.54) is 0 Å². The molecule has 21 heavy (non-hydrogen) atoms. The number of aliphatic carboxylic acids is 1. The first kappa shape index (κ1) is 15.3. The number of carboxylic acid groups (broad SMARTS) is 1. The molecule has 0 radical (unpaired) electrons. The second-order valence-corrected chi connectivity index (χ2v) is 5.51. The molecule has 0 aliphatic carbocycles. The fourth-order valence-electron chi connectivity index (χ4n) is 2.79. The van der Waals surface area contributed by atoms with E-state index in [1.807, 2.05) is 20.8 Å². The second-order valence-electron chi connectivity index (χ2n) is 5.51. The highest BCUT2D eigenvalue weighted by atomic mass is 16.5. The van der Waals surface area contributed by atoms with Gasteiger partial charge in [0, 0.05) is 18.7 Å². The zero-order valence-electron chi connectivity index (χ0n) is 12.5. The number of nitrogens with one attached hydrogen (secondary N) is 1. The van der Waals surface area contributed by atoms with Gasteiger partial charge in [-0.3, -0.25) is 4.79 Å². The highest BCUT2D eigenvalue weighted by Crippen LogP contribution is 2.22. The number of hydrogen-bond acceptors (Lipinski definition) is 4. The van der Waals surface area contributed by atoms with E-state index < -0.39 is 5.97 Å². The Kier molecular flexibility index (Phi) is 4.50. The van der Waals surface area contributed by atoms with Crippen LogP contribution in [-0.4, -0.2) is 40.3 Å². The topological polar surface area (TPSA) is 95.7 Å². The van der Waals surface area contributed by atoms with E-state index in [0.29, 0.717) is 31.7 Å². The molecular formula is C14H21N3O4. The zero-order chi connectivity index (χ0) is 15.6. The first-order valence-corrected chi connectivity index (χ1v) is 7.11. The molecule has 1 aliphatic heterocycles. The Morgan fingerprint density at radius 1 is 1.38 bits per heavy atom. The third-order valence-electron chi connectivity index (χ3n) is 3.99. The molecule has 1 atom stereocenters. The molecule has 2 N–H and O–H groups in total. The van der Waals surface area contributed by atoms with Crippen molar-refractivity contribution in [3.8, 4) is 0 Å². The highest BCUT2D eigenvalue weighted by Gasteiger charge is 2.28. The lowest BCUT2D eigenvalue weighted by atomic mass is 9.97. The average Bonchev–Trinajstić information content (AvgIpc) is 2.78. The van der Waals surface area contributed by atoms with Crippen molar-refractivity contribution in [3.05, 3.63) is 17.0 Å². The summed E-state index contributed by atoms with van der Waals surface area (Å²) in [4.78, 5) is 24.8. The number of aromatic nitrogens is 1. The van der Waals surface area contributed by atoms with Crippen LogP contribution in [0.4, 0.5) is 4.79 Å². The molecule has 2 heterocycles. The molecule has 2 rings (SSSR count). The summed E-state index contributed by atoms with van der Waals surface area (Å²) in [6, 6.07) is -0.368. The van der Waals surface area contributed by atoms with E-state index >= 15 is 0 Å². The number of carbonyl (C=O) groups excluding carboxylic acids is 1. The smallest absolute Gasteiger partial charge is 0.317 e. The summed E-state index contributed by atoms with van der Waals surface area (Å²) in [6.45, 7) is 6.48. The third kappa shape index (κ3) is 3.34. The van der Waals surface area contributed by atoms with E-state index in [4.69, 9.17) is 9.63 Å². The molecule has 1 aromatic rings. The molecule has 116 valence electrons. The second kappa shape index (κ2) is 6.15. The standard InChI is InChI=1S/C14H21N3O4/c1-8(12-9(2)16-21-10(12)3)15-14(20)17-6-4-11(5-7-17)13(18)19/h8,11H,4-7H2,1-3H3,(H,15,20)(H,18,19). The summed E-state index contributed by atoms with van der Waals surface area (Å²) in [5.41, 5.74) is 1.66. The molecule has 1 fully saturated rings. The number of nitrogens with zero attached hydrogens (tertiary/aromatic N) is 2. The van der Waals surface area contributed by atoms with Crippen LogP contribution < -0.4 is 5.32 Å². The Hall–Kier alpha value is -2.05. The van der Waals surface area contributed by atoms with Crippen LogP contribution in [0.1, 0.15) is 42.8 Å². The molecule has 0 bridgehead atoms. The minimum absolute atomic E-state index is 0.175. The summed E-state index contributed by atoms with van der Waals surface area (Å²) < 4.78 is 5.10. The van der Waals surface area contributed by atoms with Crippen LogP contribution in [0.15, 0.2) is 4.52 Å². The molecule has 0 spiro atoms. The first-order chi connectivity index (χ1) is 9.90. The quantitative estimate of drug-likeness (QED) is 0.887. The van der Waals surface area contributed by atoms with E-state index in [-0.39, 0.29) is 18.0 Å². The van der Waals surface area contributed by atoms with E-state index in [2.05, 4.69) is 10.5 Å². The lowest BCUT2D eigenvalue weighted by molar-refractivity contribution is -0.143. The van der Waals surface area contributed by atoms with Gasteiger partial charge in [-0.2, -0.15) is 0 Å². The van der Waals surface area contributed by atoms with E-state index in [1.54, 1.807) is 4.90 Å². The van der Waals surface area contributed by atoms with Crippen molar-refractivity contribution in [1.29, 1.82) is 0 Å².